The van der Waals surface area contributed by atoms with Gasteiger partial charge < -0.3 is 10.4 Å². The highest BCUT2D eigenvalue weighted by Crippen LogP contribution is 2.22. The van der Waals surface area contributed by atoms with Crippen LogP contribution in [0.25, 0.3) is 0 Å². The van der Waals surface area contributed by atoms with Crippen LogP contribution in [-0.2, 0) is 10.0 Å². The lowest BCUT2D eigenvalue weighted by atomic mass is 10.0. The zero-order chi connectivity index (χ0) is 16.1. The molecule has 5 nitrogen and oxygen atoms in total. The summed E-state index contributed by atoms with van der Waals surface area (Å²) < 4.78 is 27.2. The Bertz CT molecular complexity index is 554. The van der Waals surface area contributed by atoms with E-state index in [0.717, 1.165) is 6.42 Å². The number of rotatable bonds is 8. The fourth-order valence-corrected chi connectivity index (χ4v) is 3.57. The largest absolute Gasteiger partial charge is 0.388 e. The van der Waals surface area contributed by atoms with E-state index in [1.807, 2.05) is 6.92 Å². The van der Waals surface area contributed by atoms with Gasteiger partial charge in [-0.3, -0.25) is 0 Å². The van der Waals surface area contributed by atoms with Crippen molar-refractivity contribution in [2.24, 2.45) is 0 Å². The molecule has 0 aromatic heterocycles. The molecule has 0 aliphatic rings. The van der Waals surface area contributed by atoms with Crippen molar-refractivity contribution >= 4 is 15.7 Å². The number of nitrogens with one attached hydrogen (secondary N) is 2. The molecule has 1 aromatic rings. The fraction of sp³-hybridized carbons (Fsp3) is 0.600. The molecule has 0 bridgehead atoms. The van der Waals surface area contributed by atoms with E-state index < -0.39 is 15.6 Å². The molecule has 0 saturated carbocycles. The third-order valence-electron chi connectivity index (χ3n) is 3.02. The number of para-hydroxylation sites is 1. The first-order chi connectivity index (χ1) is 9.68. The van der Waals surface area contributed by atoms with Crippen LogP contribution >= 0.6 is 0 Å². The van der Waals surface area contributed by atoms with Crippen LogP contribution in [0.15, 0.2) is 29.2 Å². The zero-order valence-electron chi connectivity index (χ0n) is 13.2. The first-order valence-corrected chi connectivity index (χ1v) is 8.74. The minimum absolute atomic E-state index is 0.175. The molecule has 3 N–H and O–H groups in total. The number of hydrogen-bond donors (Lipinski definition) is 3. The number of benzene rings is 1. The van der Waals surface area contributed by atoms with Crippen LogP contribution in [0, 0.1) is 0 Å². The second-order valence-corrected chi connectivity index (χ2v) is 7.56. The minimum atomic E-state index is -3.56. The van der Waals surface area contributed by atoms with Crippen LogP contribution in [0.1, 0.15) is 40.5 Å². The SMILES string of the molecule is CCCC(C)(O)CNc1ccccc1S(=O)(=O)NC(C)C. The molecule has 0 amide bonds. The second-order valence-electron chi connectivity index (χ2n) is 5.87. The van der Waals surface area contributed by atoms with E-state index >= 15 is 0 Å². The van der Waals surface area contributed by atoms with Crippen molar-refractivity contribution in [2.75, 3.05) is 11.9 Å². The highest BCUT2D eigenvalue weighted by atomic mass is 32.2. The summed E-state index contributed by atoms with van der Waals surface area (Å²) in [5, 5.41) is 13.2. The Morgan fingerprint density at radius 1 is 1.29 bits per heavy atom. The quantitative estimate of drug-likeness (QED) is 0.688. The van der Waals surface area contributed by atoms with Gasteiger partial charge in [0.25, 0.3) is 0 Å². The van der Waals surface area contributed by atoms with Gasteiger partial charge in [-0.15, -0.1) is 0 Å². The number of hydrogen-bond acceptors (Lipinski definition) is 4. The van der Waals surface area contributed by atoms with Gasteiger partial charge in [-0.05, 0) is 39.3 Å². The van der Waals surface area contributed by atoms with Crippen molar-refractivity contribution in [3.63, 3.8) is 0 Å². The maximum atomic E-state index is 12.3. The molecule has 1 aromatic carbocycles. The molecule has 0 heterocycles. The van der Waals surface area contributed by atoms with Crippen LogP contribution in [0.3, 0.4) is 0 Å². The Kier molecular flexibility index (Phi) is 6.19. The topological polar surface area (TPSA) is 78.4 Å². The van der Waals surface area contributed by atoms with Crippen molar-refractivity contribution in [1.82, 2.24) is 4.72 Å². The van der Waals surface area contributed by atoms with Gasteiger partial charge >= 0.3 is 0 Å². The Balaban J connectivity index is 2.95. The number of aliphatic hydroxyl groups is 1. The molecule has 0 aliphatic heterocycles. The van der Waals surface area contributed by atoms with Gasteiger partial charge in [0.2, 0.25) is 10.0 Å². The molecule has 0 aliphatic carbocycles. The predicted molar refractivity (Wildman–Crippen MR) is 85.9 cm³/mol. The number of sulfonamides is 1. The van der Waals surface area contributed by atoms with E-state index in [9.17, 15) is 13.5 Å². The van der Waals surface area contributed by atoms with Crippen LogP contribution in [-0.4, -0.2) is 31.7 Å². The van der Waals surface area contributed by atoms with E-state index in [0.29, 0.717) is 18.7 Å². The van der Waals surface area contributed by atoms with Crippen molar-refractivity contribution < 1.29 is 13.5 Å². The van der Waals surface area contributed by atoms with E-state index in [-0.39, 0.29) is 10.9 Å². The van der Waals surface area contributed by atoms with Gasteiger partial charge in [0, 0.05) is 12.6 Å². The Labute approximate surface area is 127 Å². The van der Waals surface area contributed by atoms with E-state index in [4.69, 9.17) is 0 Å². The summed E-state index contributed by atoms with van der Waals surface area (Å²) in [5.41, 5.74) is -0.362. The molecule has 1 atom stereocenters. The summed E-state index contributed by atoms with van der Waals surface area (Å²) in [6.07, 6.45) is 1.52. The molecular formula is C15H26N2O3S. The molecule has 0 saturated heterocycles. The molecule has 6 heteroatoms. The van der Waals surface area contributed by atoms with Gasteiger partial charge in [-0.2, -0.15) is 0 Å². The summed E-state index contributed by atoms with van der Waals surface area (Å²) in [7, 11) is -3.56. The average molecular weight is 314 g/mol. The minimum Gasteiger partial charge on any atom is -0.388 e. The van der Waals surface area contributed by atoms with Crippen molar-refractivity contribution in [2.45, 2.75) is 57.1 Å². The third kappa shape index (κ3) is 5.65. The smallest absolute Gasteiger partial charge is 0.242 e. The normalized spacial score (nSPS) is 15.0. The molecule has 120 valence electrons. The Hall–Kier alpha value is -1.11. The summed E-state index contributed by atoms with van der Waals surface area (Å²) in [6, 6.07) is 6.54. The van der Waals surface area contributed by atoms with Crippen molar-refractivity contribution in [3.05, 3.63) is 24.3 Å². The fourth-order valence-electron chi connectivity index (χ4n) is 2.13. The maximum Gasteiger partial charge on any atom is 0.242 e. The summed E-state index contributed by atoms with van der Waals surface area (Å²) in [6.45, 7) is 7.60. The summed E-state index contributed by atoms with van der Waals surface area (Å²) in [4.78, 5) is 0.200. The average Bonchev–Trinajstić information content (AvgIpc) is 2.35. The van der Waals surface area contributed by atoms with Gasteiger partial charge in [0.05, 0.1) is 11.3 Å². The van der Waals surface area contributed by atoms with Crippen LogP contribution < -0.4 is 10.0 Å². The lowest BCUT2D eigenvalue weighted by molar-refractivity contribution is 0.0636. The standard InChI is InChI=1S/C15H26N2O3S/c1-5-10-15(4,18)11-16-13-8-6-7-9-14(13)21(19,20)17-12(2)3/h6-9,12,16-18H,5,10-11H2,1-4H3. The third-order valence-corrected chi connectivity index (χ3v) is 4.73. The van der Waals surface area contributed by atoms with Gasteiger partial charge in [0.15, 0.2) is 0 Å². The molecule has 0 radical (unpaired) electrons. The predicted octanol–water partition coefficient (Wildman–Crippen LogP) is 2.34. The zero-order valence-corrected chi connectivity index (χ0v) is 14.0. The lowest BCUT2D eigenvalue weighted by Crippen LogP contribution is -2.34. The van der Waals surface area contributed by atoms with Gasteiger partial charge in [-0.25, -0.2) is 13.1 Å². The van der Waals surface area contributed by atoms with E-state index in [2.05, 4.69) is 10.0 Å². The van der Waals surface area contributed by atoms with E-state index in [1.54, 1.807) is 45.0 Å². The van der Waals surface area contributed by atoms with Gasteiger partial charge in [0.1, 0.15) is 4.90 Å². The number of anilines is 1. The molecular weight excluding hydrogens is 288 g/mol. The van der Waals surface area contributed by atoms with Crippen molar-refractivity contribution in [1.29, 1.82) is 0 Å². The summed E-state index contributed by atoms with van der Waals surface area (Å²) >= 11 is 0. The molecule has 1 unspecified atom stereocenters. The van der Waals surface area contributed by atoms with Gasteiger partial charge in [-0.1, -0.05) is 25.5 Å². The first-order valence-electron chi connectivity index (χ1n) is 7.25. The molecule has 1 rings (SSSR count). The highest BCUT2D eigenvalue weighted by molar-refractivity contribution is 7.89. The second kappa shape index (κ2) is 7.24. The van der Waals surface area contributed by atoms with E-state index in [1.165, 1.54) is 0 Å². The Morgan fingerprint density at radius 3 is 2.48 bits per heavy atom. The first kappa shape index (κ1) is 17.9. The summed E-state index contributed by atoms with van der Waals surface area (Å²) in [5.74, 6) is 0. The maximum absolute atomic E-state index is 12.3. The van der Waals surface area contributed by atoms with Crippen LogP contribution in [0.4, 0.5) is 5.69 Å². The van der Waals surface area contributed by atoms with Crippen molar-refractivity contribution in [3.8, 4) is 0 Å². The molecule has 0 spiro atoms. The van der Waals surface area contributed by atoms with Crippen LogP contribution in [0.2, 0.25) is 0 Å². The Morgan fingerprint density at radius 2 is 1.90 bits per heavy atom. The monoisotopic (exact) mass is 314 g/mol. The highest BCUT2D eigenvalue weighted by Gasteiger charge is 2.22. The lowest BCUT2D eigenvalue weighted by Gasteiger charge is -2.24. The molecule has 0 fully saturated rings. The van der Waals surface area contributed by atoms with Crippen LogP contribution in [0.5, 0.6) is 0 Å². The molecule has 21 heavy (non-hydrogen) atoms.